The highest BCUT2D eigenvalue weighted by Gasteiger charge is 2.15. The second-order valence-corrected chi connectivity index (χ2v) is 6.90. The average Bonchev–Trinajstić information content (AvgIpc) is 2.79. The monoisotopic (exact) mass is 417 g/mol. The van der Waals surface area contributed by atoms with Crippen molar-refractivity contribution in [1.82, 2.24) is 10.9 Å². The molecule has 0 atom stereocenters. The number of nitrogens with one attached hydrogen (secondary N) is 3. The van der Waals surface area contributed by atoms with Crippen LogP contribution in [0.3, 0.4) is 0 Å². The highest BCUT2D eigenvalue weighted by atomic mass is 16.5. The molecule has 0 unspecified atom stereocenters. The minimum atomic E-state index is -0.566. The first-order valence-corrected chi connectivity index (χ1v) is 9.68. The van der Waals surface area contributed by atoms with Gasteiger partial charge in [-0.05, 0) is 61.4 Å². The van der Waals surface area contributed by atoms with Crippen molar-refractivity contribution in [1.29, 1.82) is 0 Å². The third-order valence-electron chi connectivity index (χ3n) is 4.62. The van der Waals surface area contributed by atoms with Gasteiger partial charge in [0.2, 0.25) is 0 Å². The van der Waals surface area contributed by atoms with Gasteiger partial charge in [-0.1, -0.05) is 36.4 Å². The fraction of sp³-hybridized carbons (Fsp3) is 0.125. The van der Waals surface area contributed by atoms with E-state index in [0.717, 1.165) is 11.1 Å². The van der Waals surface area contributed by atoms with Crippen LogP contribution in [0.5, 0.6) is 5.75 Å². The van der Waals surface area contributed by atoms with E-state index >= 15 is 0 Å². The molecule has 3 rings (SSSR count). The van der Waals surface area contributed by atoms with Gasteiger partial charge in [-0.2, -0.15) is 0 Å². The normalized spacial score (nSPS) is 10.1. The first-order chi connectivity index (χ1) is 14.9. The number of hydrogen-bond donors (Lipinski definition) is 3. The van der Waals surface area contributed by atoms with Gasteiger partial charge in [0.1, 0.15) is 5.75 Å². The first kappa shape index (κ1) is 21.6. The van der Waals surface area contributed by atoms with Crippen molar-refractivity contribution in [2.24, 2.45) is 0 Å². The summed E-state index contributed by atoms with van der Waals surface area (Å²) in [5, 5.41) is 2.71. The van der Waals surface area contributed by atoms with Crippen LogP contribution < -0.4 is 20.9 Å². The standard InChI is InChI=1S/C24H23N3O4/c1-16-12-13-19(14-17(16)2)31-15-22(28)26-27-24(30)20-10-6-7-11-21(20)25-23(29)18-8-4-3-5-9-18/h3-14H,15H2,1-2H3,(H,25,29)(H,26,28)(H,27,30). The predicted octanol–water partition coefficient (Wildman–Crippen LogP) is 3.40. The Labute approximate surface area is 180 Å². The summed E-state index contributed by atoms with van der Waals surface area (Å²) in [5.74, 6) is -0.855. The topological polar surface area (TPSA) is 96.5 Å². The van der Waals surface area contributed by atoms with Crippen LogP contribution in [0, 0.1) is 13.8 Å². The lowest BCUT2D eigenvalue weighted by Gasteiger charge is -2.13. The first-order valence-electron chi connectivity index (χ1n) is 9.68. The number of para-hydroxylation sites is 1. The van der Waals surface area contributed by atoms with Crippen molar-refractivity contribution in [3.05, 3.63) is 95.1 Å². The van der Waals surface area contributed by atoms with E-state index in [4.69, 9.17) is 4.74 Å². The molecule has 0 fully saturated rings. The zero-order valence-corrected chi connectivity index (χ0v) is 17.3. The fourth-order valence-corrected chi connectivity index (χ4v) is 2.76. The van der Waals surface area contributed by atoms with Crippen LogP contribution in [0.25, 0.3) is 0 Å². The Kier molecular flexibility index (Phi) is 7.01. The lowest BCUT2D eigenvalue weighted by atomic mass is 10.1. The average molecular weight is 417 g/mol. The number of ether oxygens (including phenoxy) is 1. The van der Waals surface area contributed by atoms with Gasteiger partial charge in [-0.3, -0.25) is 25.2 Å². The summed E-state index contributed by atoms with van der Waals surface area (Å²) in [6.07, 6.45) is 0. The molecule has 0 bridgehead atoms. The maximum atomic E-state index is 12.5. The second-order valence-electron chi connectivity index (χ2n) is 6.90. The van der Waals surface area contributed by atoms with Crippen LogP contribution in [0.2, 0.25) is 0 Å². The van der Waals surface area contributed by atoms with Gasteiger partial charge in [-0.25, -0.2) is 0 Å². The van der Waals surface area contributed by atoms with Crippen LogP contribution in [-0.4, -0.2) is 24.3 Å². The van der Waals surface area contributed by atoms with Crippen LogP contribution in [0.1, 0.15) is 31.8 Å². The number of hydrazine groups is 1. The van der Waals surface area contributed by atoms with Crippen molar-refractivity contribution >= 4 is 23.4 Å². The molecule has 158 valence electrons. The van der Waals surface area contributed by atoms with Crippen LogP contribution in [0.15, 0.2) is 72.8 Å². The quantitative estimate of drug-likeness (QED) is 0.536. The van der Waals surface area contributed by atoms with E-state index in [9.17, 15) is 14.4 Å². The zero-order chi connectivity index (χ0) is 22.2. The maximum Gasteiger partial charge on any atom is 0.276 e. The third kappa shape index (κ3) is 5.93. The molecule has 3 amide bonds. The molecule has 3 aromatic carbocycles. The van der Waals surface area contributed by atoms with Gasteiger partial charge < -0.3 is 10.1 Å². The van der Waals surface area contributed by atoms with E-state index in [1.807, 2.05) is 32.0 Å². The molecular weight excluding hydrogens is 394 g/mol. The fourth-order valence-electron chi connectivity index (χ4n) is 2.76. The smallest absolute Gasteiger partial charge is 0.276 e. The molecule has 3 aromatic rings. The summed E-state index contributed by atoms with van der Waals surface area (Å²) in [6, 6.07) is 20.7. The summed E-state index contributed by atoms with van der Waals surface area (Å²) in [6.45, 7) is 3.69. The molecule has 0 saturated heterocycles. The molecule has 0 saturated carbocycles. The Balaban J connectivity index is 1.56. The molecule has 7 heteroatoms. The predicted molar refractivity (Wildman–Crippen MR) is 118 cm³/mol. The summed E-state index contributed by atoms with van der Waals surface area (Å²) in [4.78, 5) is 36.9. The Hall–Kier alpha value is -4.13. The lowest BCUT2D eigenvalue weighted by molar-refractivity contribution is -0.123. The van der Waals surface area contributed by atoms with Crippen molar-refractivity contribution in [3.8, 4) is 5.75 Å². The molecular formula is C24H23N3O4. The second kappa shape index (κ2) is 10.1. The van der Waals surface area contributed by atoms with E-state index in [2.05, 4.69) is 16.2 Å². The summed E-state index contributed by atoms with van der Waals surface area (Å²) >= 11 is 0. The SMILES string of the molecule is Cc1ccc(OCC(=O)NNC(=O)c2ccccc2NC(=O)c2ccccc2)cc1C. The number of hydrogen-bond acceptors (Lipinski definition) is 4. The number of carbonyl (C=O) groups excluding carboxylic acids is 3. The highest BCUT2D eigenvalue weighted by molar-refractivity contribution is 6.09. The van der Waals surface area contributed by atoms with E-state index in [1.54, 1.807) is 54.6 Å². The number of carbonyl (C=O) groups is 3. The Morgan fingerprint density at radius 2 is 1.48 bits per heavy atom. The summed E-state index contributed by atoms with van der Waals surface area (Å²) < 4.78 is 5.45. The molecule has 3 N–H and O–H groups in total. The number of rotatable bonds is 6. The van der Waals surface area contributed by atoms with E-state index in [-0.39, 0.29) is 18.1 Å². The molecule has 0 radical (unpaired) electrons. The molecule has 31 heavy (non-hydrogen) atoms. The van der Waals surface area contributed by atoms with Crippen molar-refractivity contribution in [2.45, 2.75) is 13.8 Å². The van der Waals surface area contributed by atoms with Gasteiger partial charge in [-0.15, -0.1) is 0 Å². The van der Waals surface area contributed by atoms with Crippen molar-refractivity contribution in [2.75, 3.05) is 11.9 Å². The minimum absolute atomic E-state index is 0.210. The number of anilines is 1. The Bertz CT molecular complexity index is 1100. The van der Waals surface area contributed by atoms with E-state index < -0.39 is 11.8 Å². The van der Waals surface area contributed by atoms with Crippen LogP contribution in [-0.2, 0) is 4.79 Å². The zero-order valence-electron chi connectivity index (χ0n) is 17.3. The maximum absolute atomic E-state index is 12.5. The number of aryl methyl sites for hydroxylation is 2. The molecule has 0 aliphatic carbocycles. The third-order valence-corrected chi connectivity index (χ3v) is 4.62. The van der Waals surface area contributed by atoms with Gasteiger partial charge in [0, 0.05) is 5.56 Å². The molecule has 0 spiro atoms. The number of benzene rings is 3. The highest BCUT2D eigenvalue weighted by Crippen LogP contribution is 2.17. The Morgan fingerprint density at radius 1 is 0.774 bits per heavy atom. The van der Waals surface area contributed by atoms with Gasteiger partial charge in [0.05, 0.1) is 11.3 Å². The molecule has 0 aromatic heterocycles. The van der Waals surface area contributed by atoms with Gasteiger partial charge >= 0.3 is 0 Å². The summed E-state index contributed by atoms with van der Waals surface area (Å²) in [5.41, 5.74) is 7.84. The molecule has 0 aliphatic rings. The van der Waals surface area contributed by atoms with E-state index in [0.29, 0.717) is 17.0 Å². The minimum Gasteiger partial charge on any atom is -0.484 e. The Morgan fingerprint density at radius 3 is 2.23 bits per heavy atom. The van der Waals surface area contributed by atoms with E-state index in [1.165, 1.54) is 0 Å². The van der Waals surface area contributed by atoms with Gasteiger partial charge in [0.15, 0.2) is 6.61 Å². The molecule has 0 aliphatic heterocycles. The molecule has 0 heterocycles. The van der Waals surface area contributed by atoms with Crippen LogP contribution >= 0.6 is 0 Å². The van der Waals surface area contributed by atoms with Crippen LogP contribution in [0.4, 0.5) is 5.69 Å². The van der Waals surface area contributed by atoms with Crippen molar-refractivity contribution in [3.63, 3.8) is 0 Å². The largest absolute Gasteiger partial charge is 0.484 e. The number of amides is 3. The van der Waals surface area contributed by atoms with Crippen molar-refractivity contribution < 1.29 is 19.1 Å². The lowest BCUT2D eigenvalue weighted by Crippen LogP contribution is -2.44. The summed E-state index contributed by atoms with van der Waals surface area (Å²) in [7, 11) is 0. The molecule has 7 nitrogen and oxygen atoms in total. The van der Waals surface area contributed by atoms with Gasteiger partial charge in [0.25, 0.3) is 17.7 Å².